The van der Waals surface area contributed by atoms with Gasteiger partial charge in [0.2, 0.25) is 23.8 Å². The maximum atomic E-state index is 11.8. The van der Waals surface area contributed by atoms with Crippen LogP contribution in [-0.2, 0) is 5.41 Å². The van der Waals surface area contributed by atoms with Crippen LogP contribution in [0.5, 0.6) is 34.5 Å². The molecule has 2 aromatic rings. The number of benzene rings is 2. The highest BCUT2D eigenvalue weighted by Gasteiger charge is 2.40. The number of aliphatic hydroxyl groups excluding tert-OH is 1. The van der Waals surface area contributed by atoms with Gasteiger partial charge in [-0.2, -0.15) is 5.26 Å². The van der Waals surface area contributed by atoms with Gasteiger partial charge in [-0.15, -0.1) is 0 Å². The average Bonchev–Trinajstić information content (AvgIpc) is 3.31. The molecule has 0 aliphatic carbocycles. The van der Waals surface area contributed by atoms with E-state index in [4.69, 9.17) is 28.4 Å². The van der Waals surface area contributed by atoms with Crippen molar-refractivity contribution in [2.24, 2.45) is 0 Å². The molecular weight excluding hydrogens is 472 g/mol. The summed E-state index contributed by atoms with van der Waals surface area (Å²) in [6, 6.07) is 9.44. The van der Waals surface area contributed by atoms with Crippen LogP contribution >= 0.6 is 0 Å². The Kier molecular flexibility index (Phi) is 8.32. The van der Waals surface area contributed by atoms with E-state index in [-0.39, 0.29) is 30.8 Å². The highest BCUT2D eigenvalue weighted by Crippen LogP contribution is 2.50. The van der Waals surface area contributed by atoms with Crippen molar-refractivity contribution in [1.29, 1.82) is 5.26 Å². The predicted molar refractivity (Wildman–Crippen MR) is 128 cm³/mol. The van der Waals surface area contributed by atoms with Gasteiger partial charge in [-0.1, -0.05) is 12.1 Å². The molecule has 3 rings (SSSR count). The van der Waals surface area contributed by atoms with Crippen molar-refractivity contribution in [3.8, 4) is 40.6 Å². The van der Waals surface area contributed by atoms with Crippen molar-refractivity contribution in [2.45, 2.75) is 50.0 Å². The lowest BCUT2D eigenvalue weighted by atomic mass is 9.77. The molecule has 3 unspecified atom stereocenters. The summed E-state index contributed by atoms with van der Waals surface area (Å²) in [7, 11) is 5.77. The number of hydrogen-bond donors (Lipinski definition) is 1. The Labute approximate surface area is 209 Å². The highest BCUT2D eigenvalue weighted by atomic mass is 16.7. The van der Waals surface area contributed by atoms with Crippen molar-refractivity contribution in [2.75, 3.05) is 28.4 Å². The molecule has 0 radical (unpaired) electrons. The summed E-state index contributed by atoms with van der Waals surface area (Å²) in [6.45, 7) is 1.66. The molecule has 36 heavy (non-hydrogen) atoms. The summed E-state index contributed by atoms with van der Waals surface area (Å²) < 4.78 is 33.1. The van der Waals surface area contributed by atoms with Gasteiger partial charge in [0.15, 0.2) is 23.0 Å². The van der Waals surface area contributed by atoms with Gasteiger partial charge in [-0.3, -0.25) is 10.1 Å². The zero-order valence-electron chi connectivity index (χ0n) is 20.8. The fraction of sp³-hybridized carbons (Fsp3) is 0.480. The molecule has 11 heteroatoms. The number of nitrogens with zero attached hydrogens (tertiary/aromatic N) is 2. The van der Waals surface area contributed by atoms with E-state index in [1.165, 1.54) is 28.4 Å². The van der Waals surface area contributed by atoms with E-state index in [0.29, 0.717) is 28.6 Å². The molecule has 1 aliphatic heterocycles. The van der Waals surface area contributed by atoms with E-state index in [9.17, 15) is 20.5 Å². The van der Waals surface area contributed by atoms with Crippen LogP contribution < -0.4 is 28.4 Å². The van der Waals surface area contributed by atoms with Crippen molar-refractivity contribution >= 4 is 0 Å². The van der Waals surface area contributed by atoms with E-state index in [0.717, 1.165) is 0 Å². The molecule has 2 aromatic carbocycles. The standard InChI is InChI=1S/C25H30N2O9/c1-25(14-26,15-12-20(31-2)23(33-4)24(34-5)22(15)32-3)11-10-17(28)16(27(29)30)13-21-35-18-8-6-7-9-19(18)36-21/h6-9,12,16-17,21,28H,10-11,13H2,1-5H3. The minimum atomic E-state index is -1.37. The van der Waals surface area contributed by atoms with Crippen molar-refractivity contribution in [3.05, 3.63) is 46.0 Å². The zero-order chi connectivity index (χ0) is 26.5. The molecule has 0 saturated heterocycles. The molecule has 0 fully saturated rings. The summed E-state index contributed by atoms with van der Waals surface area (Å²) >= 11 is 0. The lowest BCUT2D eigenvalue weighted by molar-refractivity contribution is -0.538. The number of fused-ring (bicyclic) bond motifs is 1. The Bertz CT molecular complexity index is 1110. The molecule has 0 amide bonds. The molecule has 0 spiro atoms. The lowest BCUT2D eigenvalue weighted by Gasteiger charge is -2.28. The second kappa shape index (κ2) is 11.2. The number of aliphatic hydroxyl groups is 1. The number of methoxy groups -OCH3 is 4. The van der Waals surface area contributed by atoms with Crippen LogP contribution in [0.25, 0.3) is 0 Å². The quantitative estimate of drug-likeness (QED) is 0.338. The highest BCUT2D eigenvalue weighted by molar-refractivity contribution is 5.65. The first-order valence-corrected chi connectivity index (χ1v) is 11.3. The molecule has 0 saturated carbocycles. The number of para-hydroxylation sites is 2. The van der Waals surface area contributed by atoms with Gasteiger partial charge >= 0.3 is 0 Å². The number of nitriles is 1. The Morgan fingerprint density at radius 3 is 2.14 bits per heavy atom. The second-order valence-electron chi connectivity index (χ2n) is 8.48. The summed E-state index contributed by atoms with van der Waals surface area (Å²) in [5, 5.41) is 32.7. The number of rotatable bonds is 12. The summed E-state index contributed by atoms with van der Waals surface area (Å²) in [6.07, 6.45) is -2.40. The van der Waals surface area contributed by atoms with Crippen LogP contribution in [0.1, 0.15) is 31.7 Å². The molecule has 1 aliphatic rings. The normalized spacial score (nSPS) is 15.8. The molecule has 0 aromatic heterocycles. The van der Waals surface area contributed by atoms with E-state index in [1.807, 2.05) is 0 Å². The van der Waals surface area contributed by atoms with Crippen molar-refractivity contribution < 1.29 is 38.5 Å². The first-order valence-electron chi connectivity index (χ1n) is 11.3. The maximum Gasteiger partial charge on any atom is 0.248 e. The molecule has 11 nitrogen and oxygen atoms in total. The Hall–Kier alpha value is -3.91. The van der Waals surface area contributed by atoms with Crippen LogP contribution in [-0.4, -0.2) is 56.9 Å². The third-order valence-corrected chi connectivity index (χ3v) is 6.28. The van der Waals surface area contributed by atoms with Crippen molar-refractivity contribution in [3.63, 3.8) is 0 Å². The molecule has 3 atom stereocenters. The minimum absolute atomic E-state index is 0.0464. The predicted octanol–water partition coefficient (Wildman–Crippen LogP) is 3.48. The summed E-state index contributed by atoms with van der Waals surface area (Å²) in [5.41, 5.74) is -0.776. The Balaban J connectivity index is 1.81. The van der Waals surface area contributed by atoms with E-state index in [1.54, 1.807) is 37.3 Å². The third-order valence-electron chi connectivity index (χ3n) is 6.28. The van der Waals surface area contributed by atoms with Gasteiger partial charge in [0, 0.05) is 10.5 Å². The zero-order valence-corrected chi connectivity index (χ0v) is 20.8. The summed E-state index contributed by atoms with van der Waals surface area (Å²) in [4.78, 5) is 11.3. The number of nitro groups is 1. The summed E-state index contributed by atoms with van der Waals surface area (Å²) in [5.74, 6) is 2.12. The van der Waals surface area contributed by atoms with Gasteiger partial charge in [0.1, 0.15) is 6.10 Å². The van der Waals surface area contributed by atoms with E-state index in [2.05, 4.69) is 6.07 Å². The van der Waals surface area contributed by atoms with Crippen molar-refractivity contribution in [1.82, 2.24) is 0 Å². The Morgan fingerprint density at radius 2 is 1.67 bits per heavy atom. The minimum Gasteiger partial charge on any atom is -0.493 e. The van der Waals surface area contributed by atoms with Crippen LogP contribution in [0.3, 0.4) is 0 Å². The molecular formula is C25H30N2O9. The molecule has 1 N–H and O–H groups in total. The third kappa shape index (κ3) is 5.18. The second-order valence-corrected chi connectivity index (χ2v) is 8.48. The van der Waals surface area contributed by atoms with Gasteiger partial charge in [-0.05, 0) is 38.0 Å². The first-order chi connectivity index (χ1) is 17.2. The topological polar surface area (TPSA) is 143 Å². The fourth-order valence-corrected chi connectivity index (χ4v) is 4.25. The van der Waals surface area contributed by atoms with Crippen LogP contribution in [0.2, 0.25) is 0 Å². The maximum absolute atomic E-state index is 11.8. The molecule has 194 valence electrons. The lowest BCUT2D eigenvalue weighted by Crippen LogP contribution is -2.39. The van der Waals surface area contributed by atoms with Gasteiger partial charge < -0.3 is 33.5 Å². The number of hydrogen-bond acceptors (Lipinski definition) is 10. The van der Waals surface area contributed by atoms with E-state index >= 15 is 0 Å². The van der Waals surface area contributed by atoms with Gasteiger partial charge in [0.25, 0.3) is 0 Å². The molecule has 1 heterocycles. The van der Waals surface area contributed by atoms with Crippen LogP contribution in [0, 0.1) is 21.4 Å². The van der Waals surface area contributed by atoms with Gasteiger partial charge in [-0.25, -0.2) is 0 Å². The average molecular weight is 503 g/mol. The largest absolute Gasteiger partial charge is 0.493 e. The first kappa shape index (κ1) is 26.7. The molecule has 0 bridgehead atoms. The monoisotopic (exact) mass is 502 g/mol. The SMILES string of the molecule is COc1cc(C(C)(C#N)CCC(O)C(CC2Oc3ccccc3O2)[N+](=O)[O-])c(OC)c(OC)c1OC. The fourth-order valence-electron chi connectivity index (χ4n) is 4.25. The Morgan fingerprint density at radius 1 is 1.08 bits per heavy atom. The number of ether oxygens (including phenoxy) is 6. The smallest absolute Gasteiger partial charge is 0.248 e. The van der Waals surface area contributed by atoms with Crippen LogP contribution in [0.4, 0.5) is 0 Å². The van der Waals surface area contributed by atoms with Gasteiger partial charge in [0.05, 0.1) is 46.3 Å². The van der Waals surface area contributed by atoms with Crippen LogP contribution in [0.15, 0.2) is 30.3 Å². The van der Waals surface area contributed by atoms with E-state index < -0.39 is 28.8 Å².